The SMILES string of the molecule is CN(CC(=O)Nc1cccc(F)c1)CC(=O)Nc1ccccc1Cc1ccccc1. The van der Waals surface area contributed by atoms with Gasteiger partial charge in [0.2, 0.25) is 11.8 Å². The number of carbonyl (C=O) groups excluding carboxylic acids is 2. The van der Waals surface area contributed by atoms with Crippen molar-refractivity contribution in [3.8, 4) is 0 Å². The molecule has 0 aliphatic rings. The maximum absolute atomic E-state index is 13.2. The number of likely N-dealkylation sites (N-methyl/N-ethyl adjacent to an activating group) is 1. The molecule has 0 saturated heterocycles. The van der Waals surface area contributed by atoms with Crippen molar-refractivity contribution in [1.29, 1.82) is 0 Å². The minimum atomic E-state index is -0.422. The third-order valence-electron chi connectivity index (χ3n) is 4.46. The molecule has 3 aromatic carbocycles. The van der Waals surface area contributed by atoms with E-state index in [-0.39, 0.29) is 24.9 Å². The number of halogens is 1. The topological polar surface area (TPSA) is 61.4 Å². The van der Waals surface area contributed by atoms with Crippen molar-refractivity contribution in [1.82, 2.24) is 4.90 Å². The molecule has 0 heterocycles. The second kappa shape index (κ2) is 10.3. The first-order chi connectivity index (χ1) is 14.5. The lowest BCUT2D eigenvalue weighted by Gasteiger charge is -2.17. The molecule has 0 spiro atoms. The van der Waals surface area contributed by atoms with E-state index in [1.165, 1.54) is 18.2 Å². The quantitative estimate of drug-likeness (QED) is 0.597. The van der Waals surface area contributed by atoms with Crippen LogP contribution in [0.1, 0.15) is 11.1 Å². The molecule has 2 amide bonds. The van der Waals surface area contributed by atoms with Gasteiger partial charge in [0.15, 0.2) is 0 Å². The molecule has 0 saturated carbocycles. The van der Waals surface area contributed by atoms with Crippen LogP contribution in [0.4, 0.5) is 15.8 Å². The van der Waals surface area contributed by atoms with Gasteiger partial charge in [-0.15, -0.1) is 0 Å². The van der Waals surface area contributed by atoms with E-state index in [0.717, 1.165) is 16.8 Å². The first-order valence-corrected chi connectivity index (χ1v) is 9.65. The zero-order valence-corrected chi connectivity index (χ0v) is 16.8. The molecule has 0 unspecified atom stereocenters. The number of para-hydroxylation sites is 1. The largest absolute Gasteiger partial charge is 0.325 e. The van der Waals surface area contributed by atoms with Crippen molar-refractivity contribution < 1.29 is 14.0 Å². The van der Waals surface area contributed by atoms with Crippen LogP contribution in [0.2, 0.25) is 0 Å². The van der Waals surface area contributed by atoms with Crippen LogP contribution in [-0.2, 0) is 16.0 Å². The number of hydrogen-bond donors (Lipinski definition) is 2. The van der Waals surface area contributed by atoms with Gasteiger partial charge in [0.25, 0.3) is 0 Å². The number of anilines is 2. The fourth-order valence-corrected chi connectivity index (χ4v) is 3.11. The Hall–Kier alpha value is -3.51. The highest BCUT2D eigenvalue weighted by Crippen LogP contribution is 2.19. The summed E-state index contributed by atoms with van der Waals surface area (Å²) in [7, 11) is 1.68. The lowest BCUT2D eigenvalue weighted by molar-refractivity contribution is -0.119. The molecule has 6 heteroatoms. The van der Waals surface area contributed by atoms with Gasteiger partial charge in [0.1, 0.15) is 5.82 Å². The van der Waals surface area contributed by atoms with E-state index in [1.54, 1.807) is 18.0 Å². The van der Waals surface area contributed by atoms with Gasteiger partial charge in [0, 0.05) is 11.4 Å². The first-order valence-electron chi connectivity index (χ1n) is 9.65. The van der Waals surface area contributed by atoms with Crippen LogP contribution in [0.15, 0.2) is 78.9 Å². The summed E-state index contributed by atoms with van der Waals surface area (Å²) in [6.45, 7) is 0.0613. The van der Waals surface area contributed by atoms with Gasteiger partial charge >= 0.3 is 0 Å². The minimum Gasteiger partial charge on any atom is -0.325 e. The Kier molecular flexibility index (Phi) is 7.29. The molecule has 30 heavy (non-hydrogen) atoms. The summed E-state index contributed by atoms with van der Waals surface area (Å²) >= 11 is 0. The maximum Gasteiger partial charge on any atom is 0.238 e. The highest BCUT2D eigenvalue weighted by molar-refractivity contribution is 5.95. The van der Waals surface area contributed by atoms with Crippen molar-refractivity contribution in [3.63, 3.8) is 0 Å². The number of nitrogens with zero attached hydrogens (tertiary/aromatic N) is 1. The minimum absolute atomic E-state index is 0.00952. The molecular weight excluding hydrogens is 381 g/mol. The van der Waals surface area contributed by atoms with Gasteiger partial charge in [-0.2, -0.15) is 0 Å². The molecule has 0 atom stereocenters. The zero-order chi connectivity index (χ0) is 21.3. The molecule has 3 aromatic rings. The monoisotopic (exact) mass is 405 g/mol. The van der Waals surface area contributed by atoms with Crippen LogP contribution in [-0.4, -0.2) is 36.9 Å². The summed E-state index contributed by atoms with van der Waals surface area (Å²) < 4.78 is 13.2. The molecule has 0 aliphatic heterocycles. The van der Waals surface area contributed by atoms with Gasteiger partial charge in [-0.3, -0.25) is 14.5 Å². The average molecular weight is 405 g/mol. The number of hydrogen-bond acceptors (Lipinski definition) is 3. The van der Waals surface area contributed by atoms with E-state index in [0.29, 0.717) is 12.1 Å². The summed E-state index contributed by atoms with van der Waals surface area (Å²) in [5.41, 5.74) is 3.31. The van der Waals surface area contributed by atoms with E-state index in [4.69, 9.17) is 0 Å². The van der Waals surface area contributed by atoms with Crippen molar-refractivity contribution >= 4 is 23.2 Å². The van der Waals surface area contributed by atoms with Crippen molar-refractivity contribution in [2.75, 3.05) is 30.8 Å². The molecule has 0 aliphatic carbocycles. The third-order valence-corrected chi connectivity index (χ3v) is 4.46. The summed E-state index contributed by atoms with van der Waals surface area (Å²) in [6.07, 6.45) is 0.711. The Morgan fingerprint density at radius 2 is 1.50 bits per heavy atom. The number of benzene rings is 3. The van der Waals surface area contributed by atoms with Gasteiger partial charge < -0.3 is 10.6 Å². The maximum atomic E-state index is 13.2. The number of carbonyl (C=O) groups is 2. The number of rotatable bonds is 8. The first kappa shape index (κ1) is 21.2. The van der Waals surface area contributed by atoms with E-state index in [9.17, 15) is 14.0 Å². The average Bonchev–Trinajstić information content (AvgIpc) is 2.70. The standard InChI is InChI=1S/C24H24FN3O2/c1-28(16-23(29)26-21-12-7-11-20(25)15-21)17-24(30)27-22-13-6-5-10-19(22)14-18-8-3-2-4-9-18/h2-13,15H,14,16-17H2,1H3,(H,26,29)(H,27,30). The molecule has 5 nitrogen and oxygen atoms in total. The van der Waals surface area contributed by atoms with Crippen molar-refractivity contribution in [2.24, 2.45) is 0 Å². The van der Waals surface area contributed by atoms with E-state index >= 15 is 0 Å². The predicted octanol–water partition coefficient (Wildman–Crippen LogP) is 3.93. The Morgan fingerprint density at radius 1 is 0.833 bits per heavy atom. The van der Waals surface area contributed by atoms with Gasteiger partial charge in [-0.25, -0.2) is 4.39 Å². The highest BCUT2D eigenvalue weighted by Gasteiger charge is 2.13. The summed E-state index contributed by atoms with van der Waals surface area (Å²) in [6, 6.07) is 23.4. The summed E-state index contributed by atoms with van der Waals surface area (Å²) in [5.74, 6) is -0.952. The second-order valence-electron chi connectivity index (χ2n) is 7.10. The zero-order valence-electron chi connectivity index (χ0n) is 16.8. The predicted molar refractivity (Wildman–Crippen MR) is 117 cm³/mol. The van der Waals surface area contributed by atoms with E-state index in [2.05, 4.69) is 10.6 Å². The summed E-state index contributed by atoms with van der Waals surface area (Å²) in [5, 5.41) is 5.55. The Balaban J connectivity index is 1.53. The summed E-state index contributed by atoms with van der Waals surface area (Å²) in [4.78, 5) is 26.2. The van der Waals surface area contributed by atoms with Crippen LogP contribution >= 0.6 is 0 Å². The molecule has 2 N–H and O–H groups in total. The lowest BCUT2D eigenvalue weighted by atomic mass is 10.0. The second-order valence-corrected chi connectivity index (χ2v) is 7.10. The fraction of sp³-hybridized carbons (Fsp3) is 0.167. The molecule has 0 fully saturated rings. The number of amides is 2. The molecule has 3 rings (SSSR count). The Labute approximate surface area is 175 Å². The van der Waals surface area contributed by atoms with Crippen LogP contribution in [0.5, 0.6) is 0 Å². The third kappa shape index (κ3) is 6.53. The highest BCUT2D eigenvalue weighted by atomic mass is 19.1. The van der Waals surface area contributed by atoms with Gasteiger partial charge in [0.05, 0.1) is 13.1 Å². The van der Waals surface area contributed by atoms with Crippen molar-refractivity contribution in [3.05, 3.63) is 95.8 Å². The Morgan fingerprint density at radius 3 is 2.23 bits per heavy atom. The molecule has 0 radical (unpaired) electrons. The molecule has 0 aromatic heterocycles. The van der Waals surface area contributed by atoms with Crippen LogP contribution < -0.4 is 10.6 Å². The van der Waals surface area contributed by atoms with Crippen LogP contribution in [0.3, 0.4) is 0 Å². The van der Waals surface area contributed by atoms with Gasteiger partial charge in [-0.05, 0) is 48.9 Å². The van der Waals surface area contributed by atoms with Crippen LogP contribution in [0.25, 0.3) is 0 Å². The molecule has 154 valence electrons. The van der Waals surface area contributed by atoms with Crippen molar-refractivity contribution in [2.45, 2.75) is 6.42 Å². The van der Waals surface area contributed by atoms with E-state index < -0.39 is 5.82 Å². The number of nitrogens with one attached hydrogen (secondary N) is 2. The lowest BCUT2D eigenvalue weighted by Crippen LogP contribution is -2.36. The molecule has 0 bridgehead atoms. The van der Waals surface area contributed by atoms with E-state index in [1.807, 2.05) is 54.6 Å². The van der Waals surface area contributed by atoms with Gasteiger partial charge in [-0.1, -0.05) is 54.6 Å². The smallest absolute Gasteiger partial charge is 0.238 e. The molecular formula is C24H24FN3O2. The Bertz CT molecular complexity index is 1010. The fourth-order valence-electron chi connectivity index (χ4n) is 3.11. The normalized spacial score (nSPS) is 10.6. The van der Waals surface area contributed by atoms with Crippen LogP contribution in [0, 0.1) is 5.82 Å².